The third-order valence-electron chi connectivity index (χ3n) is 2.69. The summed E-state index contributed by atoms with van der Waals surface area (Å²) in [6.07, 6.45) is 3.10. The van der Waals surface area contributed by atoms with Gasteiger partial charge in [0.05, 0.1) is 17.0 Å². The van der Waals surface area contributed by atoms with Crippen molar-refractivity contribution in [2.75, 3.05) is 7.05 Å². The Bertz CT molecular complexity index is 750. The van der Waals surface area contributed by atoms with Crippen LogP contribution in [0.3, 0.4) is 0 Å². The smallest absolute Gasteiger partial charge is 0.243 e. The predicted molar refractivity (Wildman–Crippen MR) is 68.4 cm³/mol. The zero-order valence-electron chi connectivity index (χ0n) is 10.5. The van der Waals surface area contributed by atoms with Crippen LogP contribution in [0.2, 0.25) is 0 Å². The molecule has 0 unspecified atom stereocenters. The highest BCUT2D eigenvalue weighted by atomic mass is 32.2. The van der Waals surface area contributed by atoms with Crippen LogP contribution in [0, 0.1) is 17.1 Å². The van der Waals surface area contributed by atoms with Crippen LogP contribution in [0.25, 0.3) is 0 Å². The molecule has 0 bridgehead atoms. The number of benzene rings is 1. The Hall–Kier alpha value is -2.24. The number of hydrogen-bond acceptors (Lipinski definition) is 4. The maximum Gasteiger partial charge on any atom is 0.243 e. The summed E-state index contributed by atoms with van der Waals surface area (Å²) in [6, 6.07) is 4.73. The van der Waals surface area contributed by atoms with Crippen molar-refractivity contribution >= 4 is 10.0 Å². The van der Waals surface area contributed by atoms with Gasteiger partial charge in [-0.3, -0.25) is 0 Å². The number of imidazole rings is 1. The van der Waals surface area contributed by atoms with Crippen LogP contribution in [0.4, 0.5) is 4.39 Å². The van der Waals surface area contributed by atoms with Crippen molar-refractivity contribution in [3.8, 4) is 6.07 Å². The molecule has 6 nitrogen and oxygen atoms in total. The summed E-state index contributed by atoms with van der Waals surface area (Å²) in [7, 11) is -2.43. The molecule has 0 radical (unpaired) electrons. The number of nitrogens with zero attached hydrogens (tertiary/aromatic N) is 3. The molecule has 1 heterocycles. The number of aromatic amines is 1. The van der Waals surface area contributed by atoms with Gasteiger partial charge in [-0.2, -0.15) is 9.57 Å². The normalized spacial score (nSPS) is 11.5. The van der Waals surface area contributed by atoms with Crippen LogP contribution in [-0.4, -0.2) is 29.7 Å². The van der Waals surface area contributed by atoms with E-state index in [0.29, 0.717) is 5.82 Å². The monoisotopic (exact) mass is 294 g/mol. The van der Waals surface area contributed by atoms with Crippen molar-refractivity contribution in [1.29, 1.82) is 5.26 Å². The molecule has 0 aliphatic heterocycles. The van der Waals surface area contributed by atoms with E-state index in [2.05, 4.69) is 9.97 Å². The molecule has 1 aromatic heterocycles. The molecule has 0 saturated carbocycles. The first-order valence-electron chi connectivity index (χ1n) is 5.59. The van der Waals surface area contributed by atoms with Gasteiger partial charge in [0.25, 0.3) is 0 Å². The molecule has 1 aromatic carbocycles. The summed E-state index contributed by atoms with van der Waals surface area (Å²) in [6.45, 7) is 0.0502. The van der Waals surface area contributed by atoms with Gasteiger partial charge in [-0.05, 0) is 18.2 Å². The number of halogens is 1. The van der Waals surface area contributed by atoms with Crippen LogP contribution in [0.5, 0.6) is 0 Å². The quantitative estimate of drug-likeness (QED) is 0.918. The predicted octanol–water partition coefficient (Wildman–Crippen LogP) is 1.24. The molecular weight excluding hydrogens is 283 g/mol. The van der Waals surface area contributed by atoms with Crippen LogP contribution < -0.4 is 0 Å². The van der Waals surface area contributed by atoms with Gasteiger partial charge in [0.15, 0.2) is 0 Å². The topological polar surface area (TPSA) is 89.8 Å². The Kier molecular flexibility index (Phi) is 3.83. The lowest BCUT2D eigenvalue weighted by Gasteiger charge is -2.16. The molecule has 2 aromatic rings. The molecule has 1 N–H and O–H groups in total. The third-order valence-corrected chi connectivity index (χ3v) is 4.49. The fourth-order valence-corrected chi connectivity index (χ4v) is 2.77. The maximum absolute atomic E-state index is 13.2. The summed E-state index contributed by atoms with van der Waals surface area (Å²) in [4.78, 5) is 6.60. The molecule has 0 spiro atoms. The molecule has 0 atom stereocenters. The number of aromatic nitrogens is 2. The second-order valence-electron chi connectivity index (χ2n) is 4.05. The Morgan fingerprint density at radius 3 is 2.85 bits per heavy atom. The largest absolute Gasteiger partial charge is 0.347 e. The average molecular weight is 294 g/mol. The summed E-state index contributed by atoms with van der Waals surface area (Å²) >= 11 is 0. The molecule has 8 heteroatoms. The number of nitriles is 1. The number of rotatable bonds is 4. The fraction of sp³-hybridized carbons (Fsp3) is 0.167. The zero-order chi connectivity index (χ0) is 14.8. The fourth-order valence-electron chi connectivity index (χ4n) is 1.61. The van der Waals surface area contributed by atoms with E-state index in [1.807, 2.05) is 0 Å². The van der Waals surface area contributed by atoms with E-state index < -0.39 is 15.8 Å². The second-order valence-corrected chi connectivity index (χ2v) is 6.10. The Balaban J connectivity index is 2.33. The van der Waals surface area contributed by atoms with Gasteiger partial charge in [-0.25, -0.2) is 17.8 Å². The van der Waals surface area contributed by atoms with Crippen molar-refractivity contribution in [3.63, 3.8) is 0 Å². The molecule has 0 fully saturated rings. The van der Waals surface area contributed by atoms with Crippen molar-refractivity contribution in [3.05, 3.63) is 47.8 Å². The summed E-state index contributed by atoms with van der Waals surface area (Å²) in [5.41, 5.74) is -0.308. The molecule has 0 saturated heterocycles. The number of sulfonamides is 1. The minimum Gasteiger partial charge on any atom is -0.347 e. The first kappa shape index (κ1) is 14.2. The molecular formula is C12H11FN4O2S. The van der Waals surface area contributed by atoms with Gasteiger partial charge in [0.2, 0.25) is 10.0 Å². The van der Waals surface area contributed by atoms with Crippen LogP contribution in [0.1, 0.15) is 11.4 Å². The molecule has 2 rings (SSSR count). The maximum atomic E-state index is 13.2. The van der Waals surface area contributed by atoms with Crippen molar-refractivity contribution in [1.82, 2.24) is 14.3 Å². The number of hydrogen-bond donors (Lipinski definition) is 1. The standard InChI is InChI=1S/C12H11FN4O2S/c1-17(8-12-15-4-5-16-12)20(18,19)10-2-3-11(13)9(6-10)7-14/h2-6H,8H2,1H3,(H,15,16). The lowest BCUT2D eigenvalue weighted by atomic mass is 10.2. The van der Waals surface area contributed by atoms with Gasteiger partial charge >= 0.3 is 0 Å². The second kappa shape index (κ2) is 5.40. The number of nitrogens with one attached hydrogen (secondary N) is 1. The van der Waals surface area contributed by atoms with Crippen molar-refractivity contribution < 1.29 is 12.8 Å². The summed E-state index contributed by atoms with van der Waals surface area (Å²) < 4.78 is 38.9. The Morgan fingerprint density at radius 2 is 2.25 bits per heavy atom. The molecule has 0 aliphatic carbocycles. The van der Waals surface area contributed by atoms with Crippen LogP contribution in [0.15, 0.2) is 35.5 Å². The van der Waals surface area contributed by atoms with Gasteiger partial charge in [0.1, 0.15) is 17.7 Å². The summed E-state index contributed by atoms with van der Waals surface area (Å²) in [5.74, 6) is -0.265. The first-order chi connectivity index (χ1) is 9.45. The van der Waals surface area contributed by atoms with E-state index in [-0.39, 0.29) is 17.0 Å². The Labute approximate surface area is 115 Å². The average Bonchev–Trinajstić information content (AvgIpc) is 2.91. The SMILES string of the molecule is CN(Cc1ncc[nH]1)S(=O)(=O)c1ccc(F)c(C#N)c1. The zero-order valence-corrected chi connectivity index (χ0v) is 11.4. The van der Waals surface area contributed by atoms with E-state index in [0.717, 1.165) is 22.5 Å². The van der Waals surface area contributed by atoms with Gasteiger partial charge in [0, 0.05) is 19.4 Å². The minimum absolute atomic E-state index is 0.0502. The number of H-pyrrole nitrogens is 1. The molecule has 20 heavy (non-hydrogen) atoms. The van der Waals surface area contributed by atoms with Crippen LogP contribution >= 0.6 is 0 Å². The lowest BCUT2D eigenvalue weighted by molar-refractivity contribution is 0.458. The minimum atomic E-state index is -3.81. The molecule has 0 amide bonds. The lowest BCUT2D eigenvalue weighted by Crippen LogP contribution is -2.27. The third kappa shape index (κ3) is 2.68. The van der Waals surface area contributed by atoms with E-state index in [1.54, 1.807) is 12.3 Å². The van der Waals surface area contributed by atoms with Crippen LogP contribution in [-0.2, 0) is 16.6 Å². The molecule has 104 valence electrons. The van der Waals surface area contributed by atoms with Crippen molar-refractivity contribution in [2.24, 2.45) is 0 Å². The van der Waals surface area contributed by atoms with E-state index in [4.69, 9.17) is 5.26 Å². The van der Waals surface area contributed by atoms with E-state index >= 15 is 0 Å². The van der Waals surface area contributed by atoms with Gasteiger partial charge in [-0.15, -0.1) is 0 Å². The Morgan fingerprint density at radius 1 is 1.50 bits per heavy atom. The van der Waals surface area contributed by atoms with E-state index in [9.17, 15) is 12.8 Å². The van der Waals surface area contributed by atoms with E-state index in [1.165, 1.54) is 13.2 Å². The highest BCUT2D eigenvalue weighted by Crippen LogP contribution is 2.18. The highest BCUT2D eigenvalue weighted by molar-refractivity contribution is 7.89. The van der Waals surface area contributed by atoms with Gasteiger partial charge < -0.3 is 4.98 Å². The van der Waals surface area contributed by atoms with Gasteiger partial charge in [-0.1, -0.05) is 0 Å². The first-order valence-corrected chi connectivity index (χ1v) is 7.03. The van der Waals surface area contributed by atoms with Crippen molar-refractivity contribution in [2.45, 2.75) is 11.4 Å². The summed E-state index contributed by atoms with van der Waals surface area (Å²) in [5, 5.41) is 8.74. The highest BCUT2D eigenvalue weighted by Gasteiger charge is 2.22. The molecule has 0 aliphatic rings.